The van der Waals surface area contributed by atoms with Crippen molar-refractivity contribution in [3.8, 4) is 22.6 Å². The number of hydrogen-bond acceptors (Lipinski definition) is 4. The Hall–Kier alpha value is -3.80. The van der Waals surface area contributed by atoms with Crippen molar-refractivity contribution in [2.75, 3.05) is 32.1 Å². The quantitative estimate of drug-likeness (QED) is 0.638. The van der Waals surface area contributed by atoms with Gasteiger partial charge in [-0.3, -0.25) is 9.59 Å². The summed E-state index contributed by atoms with van der Waals surface area (Å²) in [5, 5.41) is 0. The van der Waals surface area contributed by atoms with Crippen LogP contribution in [0.3, 0.4) is 0 Å². The summed E-state index contributed by atoms with van der Waals surface area (Å²) in [5.74, 6) is 0.703. The number of anilines is 1. The number of ether oxygens (including phenoxy) is 2. The van der Waals surface area contributed by atoms with Crippen molar-refractivity contribution in [2.24, 2.45) is 0 Å². The Balaban J connectivity index is 1.54. The first-order chi connectivity index (χ1) is 15.0. The fraction of sp³-hybridized carbons (Fsp3) is 0.200. The zero-order chi connectivity index (χ0) is 21.8. The van der Waals surface area contributed by atoms with Gasteiger partial charge in [0.25, 0.3) is 11.8 Å². The lowest BCUT2D eigenvalue weighted by Crippen LogP contribution is -2.51. The van der Waals surface area contributed by atoms with E-state index in [0.717, 1.165) is 11.1 Å². The fourth-order valence-electron chi connectivity index (χ4n) is 3.55. The summed E-state index contributed by atoms with van der Waals surface area (Å²) in [6, 6.07) is 24.7. The lowest BCUT2D eigenvalue weighted by atomic mass is 10.1. The SMILES string of the molecule is CN(C)C(=O)C1CN(C(=O)COc2ccccc2-c2ccccc2)c2ccccc2O1. The number of nitrogens with zero attached hydrogens (tertiary/aromatic N) is 2. The Morgan fingerprint density at radius 1 is 0.968 bits per heavy atom. The standard InChI is InChI=1S/C25H24N2O4/c1-26(2)25(29)23-16-27(20-13-7-9-15-22(20)31-23)24(28)17-30-21-14-8-6-12-19(21)18-10-4-3-5-11-18/h3-15,23H,16-17H2,1-2H3. The minimum atomic E-state index is -0.759. The zero-order valence-corrected chi connectivity index (χ0v) is 17.5. The van der Waals surface area contributed by atoms with Crippen molar-refractivity contribution in [1.29, 1.82) is 0 Å². The van der Waals surface area contributed by atoms with Gasteiger partial charge in [0.05, 0.1) is 12.2 Å². The molecule has 0 aromatic heterocycles. The first-order valence-corrected chi connectivity index (χ1v) is 10.1. The minimum absolute atomic E-state index is 0.135. The van der Waals surface area contributed by atoms with Crippen LogP contribution in [0, 0.1) is 0 Å². The van der Waals surface area contributed by atoms with Gasteiger partial charge in [0.2, 0.25) is 0 Å². The summed E-state index contributed by atoms with van der Waals surface area (Å²) in [6.45, 7) is -0.0163. The van der Waals surface area contributed by atoms with Crippen LogP contribution in [0.2, 0.25) is 0 Å². The van der Waals surface area contributed by atoms with Crippen LogP contribution in [-0.2, 0) is 9.59 Å². The predicted octanol–water partition coefficient (Wildman–Crippen LogP) is 3.61. The van der Waals surface area contributed by atoms with Gasteiger partial charge in [0.1, 0.15) is 11.5 Å². The van der Waals surface area contributed by atoms with Crippen LogP contribution >= 0.6 is 0 Å². The van der Waals surface area contributed by atoms with E-state index < -0.39 is 6.10 Å². The molecule has 1 atom stereocenters. The molecule has 6 heteroatoms. The molecule has 0 radical (unpaired) electrons. The number of amides is 2. The van der Waals surface area contributed by atoms with Crippen molar-refractivity contribution >= 4 is 17.5 Å². The Morgan fingerprint density at radius 2 is 1.65 bits per heavy atom. The van der Waals surface area contributed by atoms with Crippen molar-refractivity contribution in [1.82, 2.24) is 4.90 Å². The molecule has 2 amide bonds. The van der Waals surface area contributed by atoms with Gasteiger partial charge < -0.3 is 19.3 Å². The van der Waals surface area contributed by atoms with E-state index in [2.05, 4.69) is 0 Å². The van der Waals surface area contributed by atoms with Crippen LogP contribution < -0.4 is 14.4 Å². The van der Waals surface area contributed by atoms with Crippen LogP contribution in [0.4, 0.5) is 5.69 Å². The van der Waals surface area contributed by atoms with Gasteiger partial charge >= 0.3 is 0 Å². The van der Waals surface area contributed by atoms with Crippen LogP contribution in [0.25, 0.3) is 11.1 Å². The molecular weight excluding hydrogens is 392 g/mol. The maximum atomic E-state index is 13.1. The van der Waals surface area contributed by atoms with Gasteiger partial charge in [-0.2, -0.15) is 0 Å². The molecule has 0 spiro atoms. The summed E-state index contributed by atoms with van der Waals surface area (Å²) in [5.41, 5.74) is 2.56. The Bertz CT molecular complexity index is 1080. The molecule has 31 heavy (non-hydrogen) atoms. The summed E-state index contributed by atoms with van der Waals surface area (Å²) in [7, 11) is 3.34. The Morgan fingerprint density at radius 3 is 2.42 bits per heavy atom. The van der Waals surface area contributed by atoms with Crippen molar-refractivity contribution in [3.63, 3.8) is 0 Å². The number of carbonyl (C=O) groups excluding carboxylic acids is 2. The van der Waals surface area contributed by atoms with Gasteiger partial charge in [-0.15, -0.1) is 0 Å². The molecule has 1 aliphatic rings. The van der Waals surface area contributed by atoms with E-state index in [1.807, 2.05) is 72.8 Å². The smallest absolute Gasteiger partial charge is 0.265 e. The first-order valence-electron chi connectivity index (χ1n) is 10.1. The van der Waals surface area contributed by atoms with E-state index in [1.54, 1.807) is 25.1 Å². The highest BCUT2D eigenvalue weighted by molar-refractivity contribution is 5.98. The molecule has 0 saturated carbocycles. The van der Waals surface area contributed by atoms with Crippen LogP contribution in [0.1, 0.15) is 0 Å². The summed E-state index contributed by atoms with van der Waals surface area (Å²) >= 11 is 0. The summed E-state index contributed by atoms with van der Waals surface area (Å²) in [6.07, 6.45) is -0.759. The molecule has 0 saturated heterocycles. The molecule has 3 aromatic rings. The minimum Gasteiger partial charge on any atom is -0.483 e. The average Bonchev–Trinajstić information content (AvgIpc) is 2.82. The number of rotatable bonds is 5. The second kappa shape index (κ2) is 8.92. The predicted molar refractivity (Wildman–Crippen MR) is 119 cm³/mol. The van der Waals surface area contributed by atoms with Gasteiger partial charge in [-0.1, -0.05) is 60.7 Å². The lowest BCUT2D eigenvalue weighted by molar-refractivity contribution is -0.136. The second-order valence-electron chi connectivity index (χ2n) is 7.46. The largest absolute Gasteiger partial charge is 0.483 e. The molecule has 0 bridgehead atoms. The Kier molecular flexibility index (Phi) is 5.89. The van der Waals surface area contributed by atoms with Crippen molar-refractivity contribution in [2.45, 2.75) is 6.10 Å². The van der Waals surface area contributed by atoms with Gasteiger partial charge in [-0.05, 0) is 23.8 Å². The zero-order valence-electron chi connectivity index (χ0n) is 17.5. The molecule has 1 heterocycles. The molecule has 3 aromatic carbocycles. The van der Waals surface area contributed by atoms with E-state index in [1.165, 1.54) is 4.90 Å². The monoisotopic (exact) mass is 416 g/mol. The highest BCUT2D eigenvalue weighted by Crippen LogP contribution is 2.34. The highest BCUT2D eigenvalue weighted by atomic mass is 16.5. The van der Waals surface area contributed by atoms with E-state index >= 15 is 0 Å². The molecule has 0 aliphatic carbocycles. The van der Waals surface area contributed by atoms with Gasteiger partial charge in [0.15, 0.2) is 12.7 Å². The van der Waals surface area contributed by atoms with Crippen LogP contribution in [0.5, 0.6) is 11.5 Å². The number of fused-ring (bicyclic) bond motifs is 1. The normalized spacial score (nSPS) is 14.9. The molecule has 0 fully saturated rings. The third-order valence-electron chi connectivity index (χ3n) is 5.11. The number of likely N-dealkylation sites (N-methyl/N-ethyl adjacent to an activating group) is 1. The van der Waals surface area contributed by atoms with Gasteiger partial charge in [0, 0.05) is 19.7 Å². The van der Waals surface area contributed by atoms with E-state index in [0.29, 0.717) is 17.2 Å². The summed E-state index contributed by atoms with van der Waals surface area (Å²) in [4.78, 5) is 28.7. The maximum absolute atomic E-state index is 13.1. The van der Waals surface area contributed by atoms with Crippen molar-refractivity contribution in [3.05, 3.63) is 78.9 Å². The molecule has 0 N–H and O–H groups in total. The molecule has 1 aliphatic heterocycles. The summed E-state index contributed by atoms with van der Waals surface area (Å²) < 4.78 is 11.8. The van der Waals surface area contributed by atoms with E-state index in [4.69, 9.17) is 9.47 Å². The number of carbonyl (C=O) groups is 2. The number of hydrogen-bond donors (Lipinski definition) is 0. The van der Waals surface area contributed by atoms with Gasteiger partial charge in [-0.25, -0.2) is 0 Å². The fourth-order valence-corrected chi connectivity index (χ4v) is 3.55. The lowest BCUT2D eigenvalue weighted by Gasteiger charge is -2.35. The van der Waals surface area contributed by atoms with E-state index in [-0.39, 0.29) is 25.0 Å². The average molecular weight is 416 g/mol. The molecule has 6 nitrogen and oxygen atoms in total. The number of benzene rings is 3. The first kappa shape index (κ1) is 20.5. The second-order valence-corrected chi connectivity index (χ2v) is 7.46. The molecule has 158 valence electrons. The number of para-hydroxylation sites is 3. The topological polar surface area (TPSA) is 59.1 Å². The maximum Gasteiger partial charge on any atom is 0.265 e. The van der Waals surface area contributed by atoms with Crippen molar-refractivity contribution < 1.29 is 19.1 Å². The third-order valence-corrected chi connectivity index (χ3v) is 5.11. The van der Waals surface area contributed by atoms with Crippen LogP contribution in [-0.4, -0.2) is 50.1 Å². The highest BCUT2D eigenvalue weighted by Gasteiger charge is 2.34. The third kappa shape index (κ3) is 4.38. The molecule has 4 rings (SSSR count). The van der Waals surface area contributed by atoms with Crippen LogP contribution in [0.15, 0.2) is 78.9 Å². The molecular formula is C25H24N2O4. The molecule has 1 unspecified atom stereocenters. The Labute approximate surface area is 181 Å². The van der Waals surface area contributed by atoms with E-state index in [9.17, 15) is 9.59 Å².